The number of H-pyrrole nitrogens is 1. The third-order valence-corrected chi connectivity index (χ3v) is 5.40. The van der Waals surface area contributed by atoms with Gasteiger partial charge in [0.05, 0.1) is 22.8 Å². The summed E-state index contributed by atoms with van der Waals surface area (Å²) in [6.45, 7) is 3.86. The summed E-state index contributed by atoms with van der Waals surface area (Å²) in [5.41, 5.74) is 3.66. The Balaban J connectivity index is 1.57. The van der Waals surface area contributed by atoms with Crippen molar-refractivity contribution in [3.8, 4) is 0 Å². The molecule has 0 aliphatic heterocycles. The van der Waals surface area contributed by atoms with Gasteiger partial charge in [-0.3, -0.25) is 9.59 Å². The maximum atomic E-state index is 12.7. The number of carbonyl (C=O) groups is 2. The highest BCUT2D eigenvalue weighted by atomic mass is 32.2. The number of benzene rings is 2. The highest BCUT2D eigenvalue weighted by Crippen LogP contribution is 2.24. The van der Waals surface area contributed by atoms with Gasteiger partial charge < -0.3 is 15.2 Å². The predicted molar refractivity (Wildman–Crippen MR) is 113 cm³/mol. The van der Waals surface area contributed by atoms with E-state index in [0.717, 1.165) is 28.7 Å². The summed E-state index contributed by atoms with van der Waals surface area (Å²) < 4.78 is 0. The van der Waals surface area contributed by atoms with E-state index in [4.69, 9.17) is 0 Å². The first-order chi connectivity index (χ1) is 13.5. The number of hydrogen-bond acceptors (Lipinski definition) is 4. The fraction of sp³-hybridized carbons (Fsp3) is 0.286. The third-order valence-electron chi connectivity index (χ3n) is 4.43. The van der Waals surface area contributed by atoms with Crippen molar-refractivity contribution in [2.24, 2.45) is 0 Å². The molecule has 0 unspecified atom stereocenters. The van der Waals surface area contributed by atoms with Crippen LogP contribution in [0.4, 0.5) is 5.69 Å². The zero-order valence-corrected chi connectivity index (χ0v) is 17.0. The van der Waals surface area contributed by atoms with Crippen molar-refractivity contribution in [2.45, 2.75) is 30.7 Å². The van der Waals surface area contributed by atoms with Crippen molar-refractivity contribution in [3.63, 3.8) is 0 Å². The number of carbonyl (C=O) groups excluding carboxylic acids is 2. The second kappa shape index (κ2) is 8.93. The molecule has 7 heteroatoms. The summed E-state index contributed by atoms with van der Waals surface area (Å²) in [7, 11) is 1.64. The molecule has 0 saturated heterocycles. The van der Waals surface area contributed by atoms with E-state index >= 15 is 0 Å². The Kier molecular flexibility index (Phi) is 6.36. The number of likely N-dealkylation sites (N-methyl/N-ethyl adjacent to an activating group) is 1. The van der Waals surface area contributed by atoms with E-state index in [1.807, 2.05) is 62.4 Å². The van der Waals surface area contributed by atoms with Gasteiger partial charge in [0.25, 0.3) is 0 Å². The minimum absolute atomic E-state index is 0.00190. The van der Waals surface area contributed by atoms with Crippen molar-refractivity contribution in [2.75, 3.05) is 18.9 Å². The first kappa shape index (κ1) is 19.9. The molecular weight excluding hydrogens is 372 g/mol. The van der Waals surface area contributed by atoms with Gasteiger partial charge in [-0.2, -0.15) is 0 Å². The number of aromatic amines is 1. The van der Waals surface area contributed by atoms with Gasteiger partial charge in [-0.1, -0.05) is 49.0 Å². The van der Waals surface area contributed by atoms with Gasteiger partial charge in [0.15, 0.2) is 5.16 Å². The molecule has 6 nitrogen and oxygen atoms in total. The lowest BCUT2D eigenvalue weighted by atomic mass is 10.1. The fourth-order valence-corrected chi connectivity index (χ4v) is 3.88. The molecule has 0 aliphatic rings. The Labute approximate surface area is 168 Å². The number of aromatic nitrogens is 2. The molecule has 2 amide bonds. The van der Waals surface area contributed by atoms with Gasteiger partial charge >= 0.3 is 0 Å². The number of para-hydroxylation sites is 3. The van der Waals surface area contributed by atoms with Gasteiger partial charge in [0, 0.05) is 12.7 Å². The lowest BCUT2D eigenvalue weighted by molar-refractivity contribution is -0.132. The van der Waals surface area contributed by atoms with E-state index in [0.29, 0.717) is 5.16 Å². The van der Waals surface area contributed by atoms with Gasteiger partial charge in [-0.15, -0.1) is 0 Å². The lowest BCUT2D eigenvalue weighted by Crippen LogP contribution is -2.39. The van der Waals surface area contributed by atoms with E-state index in [1.165, 1.54) is 16.7 Å². The van der Waals surface area contributed by atoms with Crippen LogP contribution < -0.4 is 5.32 Å². The zero-order chi connectivity index (χ0) is 20.1. The maximum Gasteiger partial charge on any atom is 0.243 e. The molecule has 146 valence electrons. The van der Waals surface area contributed by atoms with E-state index in [-0.39, 0.29) is 23.6 Å². The number of amides is 2. The molecule has 0 spiro atoms. The summed E-state index contributed by atoms with van der Waals surface area (Å²) >= 11 is 1.35. The molecule has 2 aromatic carbocycles. The summed E-state index contributed by atoms with van der Waals surface area (Å²) in [6, 6.07) is 15.4. The second-order valence-corrected chi connectivity index (χ2v) is 7.90. The normalized spacial score (nSPS) is 12.0. The van der Waals surface area contributed by atoms with Gasteiger partial charge in [-0.25, -0.2) is 4.98 Å². The minimum Gasteiger partial charge on any atom is -0.335 e. The molecule has 1 heterocycles. The topological polar surface area (TPSA) is 78.1 Å². The summed E-state index contributed by atoms with van der Waals surface area (Å²) in [5.74, 6) is -0.331. The molecule has 1 atom stereocenters. The standard InChI is InChI=1S/C21H24N4O2S/c1-4-15-9-5-6-10-16(15)22-19(26)13-25(3)20(27)14(2)28-21-23-17-11-7-8-12-18(17)24-21/h5-12,14H,4,13H2,1-3H3,(H,22,26)(H,23,24)/t14-/m1/s1. The Morgan fingerprint density at radius 2 is 1.89 bits per heavy atom. The predicted octanol–water partition coefficient (Wildman–Crippen LogP) is 3.70. The molecular formula is C21H24N4O2S. The first-order valence-corrected chi connectivity index (χ1v) is 10.1. The highest BCUT2D eigenvalue weighted by molar-refractivity contribution is 8.00. The number of anilines is 1. The average molecular weight is 397 g/mol. The average Bonchev–Trinajstić information content (AvgIpc) is 3.09. The Bertz CT molecular complexity index is 952. The van der Waals surface area contributed by atoms with Crippen molar-refractivity contribution in [1.29, 1.82) is 0 Å². The van der Waals surface area contributed by atoms with Gasteiger partial charge in [-0.05, 0) is 37.1 Å². The van der Waals surface area contributed by atoms with Crippen LogP contribution in [0.2, 0.25) is 0 Å². The zero-order valence-electron chi connectivity index (χ0n) is 16.2. The van der Waals surface area contributed by atoms with Crippen LogP contribution in [-0.2, 0) is 16.0 Å². The highest BCUT2D eigenvalue weighted by Gasteiger charge is 2.22. The van der Waals surface area contributed by atoms with Crippen molar-refractivity contribution in [1.82, 2.24) is 14.9 Å². The number of fused-ring (bicyclic) bond motifs is 1. The van der Waals surface area contributed by atoms with Crippen LogP contribution in [0.5, 0.6) is 0 Å². The number of thioether (sulfide) groups is 1. The molecule has 0 saturated carbocycles. The van der Waals surface area contributed by atoms with Crippen LogP contribution in [0, 0.1) is 0 Å². The smallest absolute Gasteiger partial charge is 0.243 e. The largest absolute Gasteiger partial charge is 0.335 e. The number of aryl methyl sites for hydroxylation is 1. The molecule has 2 N–H and O–H groups in total. The molecule has 0 radical (unpaired) electrons. The number of nitrogens with one attached hydrogen (secondary N) is 2. The molecule has 3 aromatic rings. The van der Waals surface area contributed by atoms with Crippen LogP contribution in [-0.4, -0.2) is 45.5 Å². The molecule has 0 fully saturated rings. The molecule has 1 aromatic heterocycles. The van der Waals surface area contributed by atoms with E-state index in [1.54, 1.807) is 7.05 Å². The van der Waals surface area contributed by atoms with Crippen molar-refractivity contribution in [3.05, 3.63) is 54.1 Å². The Morgan fingerprint density at radius 3 is 2.64 bits per heavy atom. The van der Waals surface area contributed by atoms with Crippen LogP contribution >= 0.6 is 11.8 Å². The minimum atomic E-state index is -0.360. The van der Waals surface area contributed by atoms with Crippen molar-refractivity contribution >= 4 is 40.3 Å². The van der Waals surface area contributed by atoms with Gasteiger partial charge in [0.2, 0.25) is 11.8 Å². The Morgan fingerprint density at radius 1 is 1.18 bits per heavy atom. The molecule has 0 aliphatic carbocycles. The number of nitrogens with zero attached hydrogens (tertiary/aromatic N) is 2. The molecule has 28 heavy (non-hydrogen) atoms. The van der Waals surface area contributed by atoms with Crippen LogP contribution in [0.15, 0.2) is 53.7 Å². The van der Waals surface area contributed by atoms with E-state index in [2.05, 4.69) is 15.3 Å². The number of rotatable bonds is 7. The van der Waals surface area contributed by atoms with Crippen LogP contribution in [0.1, 0.15) is 19.4 Å². The monoisotopic (exact) mass is 396 g/mol. The third kappa shape index (κ3) is 4.72. The van der Waals surface area contributed by atoms with Gasteiger partial charge in [0.1, 0.15) is 0 Å². The number of hydrogen-bond donors (Lipinski definition) is 2. The quantitative estimate of drug-likeness (QED) is 0.597. The summed E-state index contributed by atoms with van der Waals surface area (Å²) in [5, 5.41) is 3.23. The van der Waals surface area contributed by atoms with Crippen molar-refractivity contribution < 1.29 is 9.59 Å². The SMILES string of the molecule is CCc1ccccc1NC(=O)CN(C)C(=O)[C@@H](C)Sc1nc2ccccc2[nH]1. The van der Waals surface area contributed by atoms with E-state index < -0.39 is 0 Å². The summed E-state index contributed by atoms with van der Waals surface area (Å²) in [6.07, 6.45) is 0.830. The molecule has 0 bridgehead atoms. The summed E-state index contributed by atoms with van der Waals surface area (Å²) in [4.78, 5) is 34.2. The second-order valence-electron chi connectivity index (χ2n) is 6.57. The first-order valence-electron chi connectivity index (χ1n) is 9.22. The van der Waals surface area contributed by atoms with E-state index in [9.17, 15) is 9.59 Å². The van der Waals surface area contributed by atoms with Crippen LogP contribution in [0.25, 0.3) is 11.0 Å². The molecule has 3 rings (SSSR count). The Hall–Kier alpha value is -2.80. The maximum absolute atomic E-state index is 12.7. The van der Waals surface area contributed by atoms with Crippen LogP contribution in [0.3, 0.4) is 0 Å². The lowest BCUT2D eigenvalue weighted by Gasteiger charge is -2.20. The number of imidazole rings is 1. The fourth-order valence-electron chi connectivity index (χ4n) is 2.95.